The lowest BCUT2D eigenvalue weighted by atomic mass is 10.1. The summed E-state index contributed by atoms with van der Waals surface area (Å²) in [4.78, 5) is 18.7. The van der Waals surface area contributed by atoms with Crippen molar-refractivity contribution in [2.45, 2.75) is 6.04 Å². The summed E-state index contributed by atoms with van der Waals surface area (Å²) >= 11 is 12.0. The SMILES string of the molecule is Cl.O=C(CN1CCNCC1c1cccnc1)Nc1ccc(Cl)cc1Cl. The second-order valence-corrected chi connectivity index (χ2v) is 6.49. The molecule has 0 saturated carbocycles. The maximum absolute atomic E-state index is 12.4. The highest BCUT2D eigenvalue weighted by molar-refractivity contribution is 6.36. The number of hydrogen-bond donors (Lipinski definition) is 2. The Morgan fingerprint density at radius 1 is 1.36 bits per heavy atom. The average molecular weight is 402 g/mol. The summed E-state index contributed by atoms with van der Waals surface area (Å²) in [7, 11) is 0. The van der Waals surface area contributed by atoms with Crippen LogP contribution in [-0.2, 0) is 4.79 Å². The molecule has 1 aromatic heterocycles. The van der Waals surface area contributed by atoms with E-state index < -0.39 is 0 Å². The number of amides is 1. The molecule has 134 valence electrons. The number of halogens is 3. The highest BCUT2D eigenvalue weighted by Gasteiger charge is 2.25. The minimum Gasteiger partial charge on any atom is -0.324 e. The Kier molecular flexibility index (Phi) is 7.47. The summed E-state index contributed by atoms with van der Waals surface area (Å²) in [6.07, 6.45) is 3.60. The van der Waals surface area contributed by atoms with Gasteiger partial charge in [0, 0.05) is 43.1 Å². The Morgan fingerprint density at radius 3 is 2.92 bits per heavy atom. The largest absolute Gasteiger partial charge is 0.324 e. The number of piperazine rings is 1. The van der Waals surface area contributed by atoms with Crippen molar-refractivity contribution in [2.75, 3.05) is 31.5 Å². The standard InChI is InChI=1S/C17H18Cl2N4O.ClH/c18-13-3-4-15(14(19)8-13)22-17(24)11-23-7-6-21-10-16(23)12-2-1-5-20-9-12;/h1-5,8-9,16,21H,6-7,10-11H2,(H,22,24);1H. The van der Waals surface area contributed by atoms with Gasteiger partial charge in [-0.1, -0.05) is 29.3 Å². The van der Waals surface area contributed by atoms with Crippen molar-refractivity contribution in [2.24, 2.45) is 0 Å². The zero-order valence-corrected chi connectivity index (χ0v) is 15.7. The number of carbonyl (C=O) groups is 1. The van der Waals surface area contributed by atoms with Gasteiger partial charge in [0.1, 0.15) is 0 Å². The molecule has 2 heterocycles. The zero-order valence-electron chi connectivity index (χ0n) is 13.4. The number of aromatic nitrogens is 1. The van der Waals surface area contributed by atoms with E-state index in [0.717, 1.165) is 25.2 Å². The van der Waals surface area contributed by atoms with E-state index in [2.05, 4.69) is 20.5 Å². The van der Waals surface area contributed by atoms with Crippen molar-refractivity contribution in [3.63, 3.8) is 0 Å². The van der Waals surface area contributed by atoms with Gasteiger partial charge in [-0.25, -0.2) is 0 Å². The van der Waals surface area contributed by atoms with Crippen LogP contribution < -0.4 is 10.6 Å². The van der Waals surface area contributed by atoms with Gasteiger partial charge >= 0.3 is 0 Å². The Hall–Kier alpha value is -1.37. The molecule has 1 fully saturated rings. The molecular formula is C17H19Cl3N4O. The molecule has 3 rings (SSSR count). The summed E-state index contributed by atoms with van der Waals surface area (Å²) in [5.41, 5.74) is 1.67. The maximum atomic E-state index is 12.4. The van der Waals surface area contributed by atoms with E-state index in [1.54, 1.807) is 24.4 Å². The van der Waals surface area contributed by atoms with Crippen LogP contribution in [0.4, 0.5) is 5.69 Å². The highest BCUT2D eigenvalue weighted by atomic mass is 35.5. The van der Waals surface area contributed by atoms with Crippen LogP contribution in [0.3, 0.4) is 0 Å². The molecule has 1 aliphatic heterocycles. The number of benzene rings is 1. The second kappa shape index (κ2) is 9.36. The van der Waals surface area contributed by atoms with Crippen LogP contribution in [0, 0.1) is 0 Å². The molecule has 5 nitrogen and oxygen atoms in total. The zero-order chi connectivity index (χ0) is 16.9. The molecule has 1 atom stereocenters. The minimum absolute atomic E-state index is 0. The van der Waals surface area contributed by atoms with Crippen molar-refractivity contribution >= 4 is 47.2 Å². The van der Waals surface area contributed by atoms with Crippen LogP contribution in [0.1, 0.15) is 11.6 Å². The Bertz CT molecular complexity index is 714. The monoisotopic (exact) mass is 400 g/mol. The quantitative estimate of drug-likeness (QED) is 0.824. The van der Waals surface area contributed by atoms with Crippen molar-refractivity contribution < 1.29 is 4.79 Å². The summed E-state index contributed by atoms with van der Waals surface area (Å²) in [6, 6.07) is 9.09. The van der Waals surface area contributed by atoms with E-state index in [0.29, 0.717) is 22.3 Å². The van der Waals surface area contributed by atoms with Gasteiger partial charge in [0.05, 0.1) is 17.3 Å². The van der Waals surface area contributed by atoms with Crippen LogP contribution in [0.25, 0.3) is 0 Å². The van der Waals surface area contributed by atoms with Gasteiger partial charge in [0.2, 0.25) is 5.91 Å². The molecule has 2 N–H and O–H groups in total. The third-order valence-electron chi connectivity index (χ3n) is 3.98. The first-order chi connectivity index (χ1) is 11.6. The summed E-state index contributed by atoms with van der Waals surface area (Å²) in [5.74, 6) is -0.102. The number of anilines is 1. The number of hydrogen-bond acceptors (Lipinski definition) is 4. The van der Waals surface area contributed by atoms with E-state index in [1.807, 2.05) is 18.3 Å². The lowest BCUT2D eigenvalue weighted by molar-refractivity contribution is -0.118. The normalized spacial score (nSPS) is 17.6. The van der Waals surface area contributed by atoms with Crippen LogP contribution in [0.5, 0.6) is 0 Å². The topological polar surface area (TPSA) is 57.3 Å². The van der Waals surface area contributed by atoms with Gasteiger partial charge in [-0.15, -0.1) is 12.4 Å². The van der Waals surface area contributed by atoms with Gasteiger partial charge in [-0.05, 0) is 29.8 Å². The number of carbonyl (C=O) groups excluding carboxylic acids is 1. The Balaban J connectivity index is 0.00000225. The van der Waals surface area contributed by atoms with Gasteiger partial charge < -0.3 is 10.6 Å². The molecule has 0 bridgehead atoms. The molecule has 2 aromatic rings. The molecular weight excluding hydrogens is 383 g/mol. The van der Waals surface area contributed by atoms with Crippen LogP contribution in [0.15, 0.2) is 42.7 Å². The molecule has 1 amide bonds. The Morgan fingerprint density at radius 2 is 2.20 bits per heavy atom. The predicted octanol–water partition coefficient (Wildman–Crippen LogP) is 3.40. The molecule has 0 spiro atoms. The second-order valence-electron chi connectivity index (χ2n) is 5.65. The first-order valence-corrected chi connectivity index (χ1v) is 8.48. The van der Waals surface area contributed by atoms with Crippen molar-refractivity contribution in [1.82, 2.24) is 15.2 Å². The van der Waals surface area contributed by atoms with Crippen molar-refractivity contribution in [3.8, 4) is 0 Å². The molecule has 1 aliphatic rings. The molecule has 0 aliphatic carbocycles. The lowest BCUT2D eigenvalue weighted by Gasteiger charge is -2.35. The molecule has 1 aromatic carbocycles. The third kappa shape index (κ3) is 5.30. The molecule has 25 heavy (non-hydrogen) atoms. The number of nitrogens with one attached hydrogen (secondary N) is 2. The van der Waals surface area contributed by atoms with E-state index in [1.165, 1.54) is 0 Å². The van der Waals surface area contributed by atoms with E-state index in [-0.39, 0.29) is 24.4 Å². The van der Waals surface area contributed by atoms with E-state index in [9.17, 15) is 4.79 Å². The first kappa shape index (κ1) is 19.9. The van der Waals surface area contributed by atoms with Crippen LogP contribution in [-0.4, -0.2) is 42.0 Å². The van der Waals surface area contributed by atoms with Gasteiger partial charge in [-0.2, -0.15) is 0 Å². The molecule has 1 unspecified atom stereocenters. The fourth-order valence-corrected chi connectivity index (χ4v) is 3.26. The third-order valence-corrected chi connectivity index (χ3v) is 4.52. The average Bonchev–Trinajstić information content (AvgIpc) is 2.59. The van der Waals surface area contributed by atoms with Gasteiger partial charge in [0.25, 0.3) is 0 Å². The molecule has 0 radical (unpaired) electrons. The lowest BCUT2D eigenvalue weighted by Crippen LogP contribution is -2.48. The minimum atomic E-state index is -0.102. The fourth-order valence-electron chi connectivity index (χ4n) is 2.80. The summed E-state index contributed by atoms with van der Waals surface area (Å²) in [6.45, 7) is 2.73. The first-order valence-electron chi connectivity index (χ1n) is 7.73. The number of rotatable bonds is 4. The maximum Gasteiger partial charge on any atom is 0.238 e. The highest BCUT2D eigenvalue weighted by Crippen LogP contribution is 2.26. The number of pyridine rings is 1. The van der Waals surface area contributed by atoms with Crippen molar-refractivity contribution in [3.05, 3.63) is 58.3 Å². The van der Waals surface area contributed by atoms with Crippen LogP contribution >= 0.6 is 35.6 Å². The smallest absolute Gasteiger partial charge is 0.238 e. The Labute approximate surface area is 163 Å². The number of nitrogens with zero attached hydrogens (tertiary/aromatic N) is 2. The van der Waals surface area contributed by atoms with Gasteiger partial charge in [-0.3, -0.25) is 14.7 Å². The molecule has 8 heteroatoms. The fraction of sp³-hybridized carbons (Fsp3) is 0.294. The van der Waals surface area contributed by atoms with E-state index in [4.69, 9.17) is 23.2 Å². The predicted molar refractivity (Wildman–Crippen MR) is 104 cm³/mol. The van der Waals surface area contributed by atoms with Gasteiger partial charge in [0.15, 0.2) is 0 Å². The van der Waals surface area contributed by atoms with Crippen molar-refractivity contribution in [1.29, 1.82) is 0 Å². The van der Waals surface area contributed by atoms with E-state index >= 15 is 0 Å². The summed E-state index contributed by atoms with van der Waals surface area (Å²) < 4.78 is 0. The summed E-state index contributed by atoms with van der Waals surface area (Å²) in [5, 5.41) is 7.18. The molecule has 1 saturated heterocycles. The van der Waals surface area contributed by atoms with Crippen LogP contribution in [0.2, 0.25) is 10.0 Å².